The smallest absolute Gasteiger partial charge is 0.227 e. The standard InChI is InChI=1S/C14H15BrFNO3S/c1-8(18)21-7-9-3-14(19)17(6-9)12-4-10(15)11(16)5-13(12)20-2/h4-5,9H,3,6-7H2,1-2H3. The number of carbonyl (C=O) groups excluding carboxylic acids is 2. The van der Waals surface area contributed by atoms with E-state index >= 15 is 0 Å². The van der Waals surface area contributed by atoms with Crippen molar-refractivity contribution in [2.24, 2.45) is 5.92 Å². The Bertz CT molecular complexity index is 582. The summed E-state index contributed by atoms with van der Waals surface area (Å²) in [4.78, 5) is 24.8. The second-order valence-corrected chi connectivity index (χ2v) is 6.87. The van der Waals surface area contributed by atoms with Gasteiger partial charge in [-0.1, -0.05) is 11.8 Å². The van der Waals surface area contributed by atoms with Gasteiger partial charge in [-0.15, -0.1) is 0 Å². The molecule has 1 aliphatic rings. The Morgan fingerprint density at radius 2 is 2.29 bits per heavy atom. The minimum Gasteiger partial charge on any atom is -0.494 e. The molecule has 0 aromatic heterocycles. The molecular formula is C14H15BrFNO3S. The lowest BCUT2D eigenvalue weighted by molar-refractivity contribution is -0.117. The van der Waals surface area contributed by atoms with Gasteiger partial charge >= 0.3 is 0 Å². The molecule has 1 atom stereocenters. The molecule has 1 aliphatic heterocycles. The van der Waals surface area contributed by atoms with Gasteiger partial charge < -0.3 is 9.64 Å². The fourth-order valence-electron chi connectivity index (χ4n) is 2.25. The number of carbonyl (C=O) groups is 2. The molecule has 0 N–H and O–H groups in total. The Labute approximate surface area is 135 Å². The monoisotopic (exact) mass is 375 g/mol. The van der Waals surface area contributed by atoms with Crippen LogP contribution in [0.4, 0.5) is 10.1 Å². The molecule has 0 aliphatic carbocycles. The molecule has 1 aromatic rings. The normalized spacial score (nSPS) is 18.2. The number of hydrogen-bond donors (Lipinski definition) is 0. The van der Waals surface area contributed by atoms with Gasteiger partial charge in [-0.05, 0) is 27.9 Å². The number of anilines is 1. The number of amides is 1. The molecule has 1 aromatic carbocycles. The van der Waals surface area contributed by atoms with E-state index in [4.69, 9.17) is 4.74 Å². The lowest BCUT2D eigenvalue weighted by Crippen LogP contribution is -2.25. The van der Waals surface area contributed by atoms with Gasteiger partial charge in [0, 0.05) is 31.7 Å². The molecule has 21 heavy (non-hydrogen) atoms. The highest BCUT2D eigenvalue weighted by atomic mass is 79.9. The maximum absolute atomic E-state index is 13.5. The van der Waals surface area contributed by atoms with Gasteiger partial charge in [-0.3, -0.25) is 9.59 Å². The molecule has 1 saturated heterocycles. The van der Waals surface area contributed by atoms with Crippen molar-refractivity contribution in [3.8, 4) is 5.75 Å². The summed E-state index contributed by atoms with van der Waals surface area (Å²) in [6.07, 6.45) is 0.387. The average Bonchev–Trinajstić information content (AvgIpc) is 2.80. The molecular weight excluding hydrogens is 361 g/mol. The van der Waals surface area contributed by atoms with Gasteiger partial charge in [-0.25, -0.2) is 4.39 Å². The summed E-state index contributed by atoms with van der Waals surface area (Å²) in [6, 6.07) is 2.80. The Morgan fingerprint density at radius 1 is 1.57 bits per heavy atom. The van der Waals surface area contributed by atoms with Gasteiger partial charge in [-0.2, -0.15) is 0 Å². The van der Waals surface area contributed by atoms with Crippen LogP contribution in [-0.2, 0) is 9.59 Å². The fraction of sp³-hybridized carbons (Fsp3) is 0.429. The second-order valence-electron chi connectivity index (χ2n) is 4.82. The number of nitrogens with zero attached hydrogens (tertiary/aromatic N) is 1. The zero-order chi connectivity index (χ0) is 15.6. The van der Waals surface area contributed by atoms with Crippen LogP contribution in [0.3, 0.4) is 0 Å². The topological polar surface area (TPSA) is 46.6 Å². The summed E-state index contributed by atoms with van der Waals surface area (Å²) in [5.41, 5.74) is 0.547. The molecule has 1 unspecified atom stereocenters. The molecule has 1 fully saturated rings. The van der Waals surface area contributed by atoms with E-state index in [0.29, 0.717) is 30.2 Å². The maximum atomic E-state index is 13.5. The van der Waals surface area contributed by atoms with E-state index in [-0.39, 0.29) is 21.4 Å². The van der Waals surface area contributed by atoms with E-state index in [9.17, 15) is 14.0 Å². The number of rotatable bonds is 4. The summed E-state index contributed by atoms with van der Waals surface area (Å²) < 4.78 is 19.0. The molecule has 2 rings (SSSR count). The Hall–Kier alpha value is -1.08. The molecule has 114 valence electrons. The van der Waals surface area contributed by atoms with Crippen LogP contribution in [0, 0.1) is 11.7 Å². The summed E-state index contributed by atoms with van der Waals surface area (Å²) in [6.45, 7) is 2.02. The number of halogens is 2. The van der Waals surface area contributed by atoms with Gasteiger partial charge in [0.1, 0.15) is 11.6 Å². The third-order valence-electron chi connectivity index (χ3n) is 3.24. The third kappa shape index (κ3) is 3.77. The van der Waals surface area contributed by atoms with E-state index in [1.54, 1.807) is 11.0 Å². The first kappa shape index (κ1) is 16.3. The summed E-state index contributed by atoms with van der Waals surface area (Å²) in [5, 5.41) is 0.0445. The van der Waals surface area contributed by atoms with E-state index < -0.39 is 5.82 Å². The average molecular weight is 376 g/mol. The molecule has 0 radical (unpaired) electrons. The number of ether oxygens (including phenoxy) is 1. The molecule has 0 spiro atoms. The zero-order valence-electron chi connectivity index (χ0n) is 11.7. The first-order valence-corrected chi connectivity index (χ1v) is 8.17. The number of thioether (sulfide) groups is 1. The summed E-state index contributed by atoms with van der Waals surface area (Å²) in [5.74, 6) is 0.568. The van der Waals surface area contributed by atoms with Gasteiger partial charge in [0.15, 0.2) is 5.12 Å². The van der Waals surface area contributed by atoms with Crippen LogP contribution in [0.2, 0.25) is 0 Å². The fourth-order valence-corrected chi connectivity index (χ4v) is 3.28. The van der Waals surface area contributed by atoms with Crippen molar-refractivity contribution >= 4 is 44.4 Å². The molecule has 4 nitrogen and oxygen atoms in total. The van der Waals surface area contributed by atoms with Gasteiger partial charge in [0.25, 0.3) is 0 Å². The highest BCUT2D eigenvalue weighted by Crippen LogP contribution is 2.37. The first-order valence-electron chi connectivity index (χ1n) is 6.39. The van der Waals surface area contributed by atoms with Crippen LogP contribution >= 0.6 is 27.7 Å². The summed E-state index contributed by atoms with van der Waals surface area (Å²) >= 11 is 4.35. The van der Waals surface area contributed by atoms with Crippen LogP contribution in [0.1, 0.15) is 13.3 Å². The second kappa shape index (κ2) is 6.79. The quantitative estimate of drug-likeness (QED) is 0.810. The van der Waals surface area contributed by atoms with Crippen molar-refractivity contribution in [2.75, 3.05) is 24.3 Å². The summed E-state index contributed by atoms with van der Waals surface area (Å²) in [7, 11) is 1.44. The number of hydrogen-bond acceptors (Lipinski definition) is 4. The van der Waals surface area contributed by atoms with E-state index in [1.807, 2.05) is 0 Å². The van der Waals surface area contributed by atoms with Crippen molar-refractivity contribution in [2.45, 2.75) is 13.3 Å². The zero-order valence-corrected chi connectivity index (χ0v) is 14.1. The van der Waals surface area contributed by atoms with Crippen molar-refractivity contribution in [1.82, 2.24) is 0 Å². The van der Waals surface area contributed by atoms with Crippen molar-refractivity contribution < 1.29 is 18.7 Å². The van der Waals surface area contributed by atoms with Crippen molar-refractivity contribution in [3.63, 3.8) is 0 Å². The van der Waals surface area contributed by atoms with Gasteiger partial charge in [0.05, 0.1) is 17.3 Å². The van der Waals surface area contributed by atoms with Crippen molar-refractivity contribution in [3.05, 3.63) is 22.4 Å². The Morgan fingerprint density at radius 3 is 2.90 bits per heavy atom. The minimum atomic E-state index is -0.439. The molecule has 0 saturated carbocycles. The number of benzene rings is 1. The minimum absolute atomic E-state index is 0.0408. The Balaban J connectivity index is 2.20. The maximum Gasteiger partial charge on any atom is 0.227 e. The lowest BCUT2D eigenvalue weighted by Gasteiger charge is -2.20. The van der Waals surface area contributed by atoms with E-state index in [2.05, 4.69) is 15.9 Å². The molecule has 7 heteroatoms. The molecule has 1 heterocycles. The van der Waals surface area contributed by atoms with Crippen LogP contribution in [0.25, 0.3) is 0 Å². The first-order chi connectivity index (χ1) is 9.92. The molecule has 1 amide bonds. The third-order valence-corrected chi connectivity index (χ3v) is 4.89. The molecule has 0 bridgehead atoms. The number of methoxy groups -OCH3 is 1. The SMILES string of the molecule is COc1cc(F)c(Br)cc1N1CC(CSC(C)=O)CC1=O. The Kier molecular flexibility index (Phi) is 5.27. The van der Waals surface area contributed by atoms with Crippen LogP contribution in [0.5, 0.6) is 5.75 Å². The predicted octanol–water partition coefficient (Wildman–Crippen LogP) is 3.23. The lowest BCUT2D eigenvalue weighted by atomic mass is 10.1. The van der Waals surface area contributed by atoms with Crippen LogP contribution < -0.4 is 9.64 Å². The van der Waals surface area contributed by atoms with Gasteiger partial charge in [0.2, 0.25) is 5.91 Å². The van der Waals surface area contributed by atoms with E-state index in [1.165, 1.54) is 31.9 Å². The largest absolute Gasteiger partial charge is 0.494 e. The van der Waals surface area contributed by atoms with Crippen LogP contribution in [0.15, 0.2) is 16.6 Å². The van der Waals surface area contributed by atoms with Crippen LogP contribution in [-0.4, -0.2) is 30.4 Å². The highest BCUT2D eigenvalue weighted by Gasteiger charge is 2.32. The predicted molar refractivity (Wildman–Crippen MR) is 84.3 cm³/mol. The van der Waals surface area contributed by atoms with Crippen molar-refractivity contribution in [1.29, 1.82) is 0 Å². The van der Waals surface area contributed by atoms with E-state index in [0.717, 1.165) is 0 Å². The highest BCUT2D eigenvalue weighted by molar-refractivity contribution is 9.10.